The average Bonchev–Trinajstić information content (AvgIpc) is 3.09. The maximum Gasteiger partial charge on any atom is 0.219 e. The van der Waals surface area contributed by atoms with Gasteiger partial charge < -0.3 is 14.6 Å². The molecule has 112 valence electrons. The highest BCUT2D eigenvalue weighted by atomic mass is 35.5. The molecule has 3 rings (SSSR count). The van der Waals surface area contributed by atoms with Crippen molar-refractivity contribution in [3.05, 3.63) is 46.2 Å². The predicted octanol–water partition coefficient (Wildman–Crippen LogP) is 1.85. The molecule has 21 heavy (non-hydrogen) atoms. The molecule has 1 aliphatic rings. The number of benzene rings is 1. The molecule has 2 atom stereocenters. The van der Waals surface area contributed by atoms with E-state index in [9.17, 15) is 5.11 Å². The number of hydrogen-bond donors (Lipinski definition) is 1. The minimum atomic E-state index is -1.14. The van der Waals surface area contributed by atoms with Crippen LogP contribution in [0.1, 0.15) is 5.56 Å². The third kappa shape index (κ3) is 2.90. The van der Waals surface area contributed by atoms with E-state index < -0.39 is 11.9 Å². The first-order valence-electron chi connectivity index (χ1n) is 6.35. The SMILES string of the molecule is OC[C@@H]1CO[C@@](Cn2nccn2)(c2ccc(Cl)cc2Cl)O1. The van der Waals surface area contributed by atoms with Crippen molar-refractivity contribution in [1.29, 1.82) is 0 Å². The maximum atomic E-state index is 9.29. The van der Waals surface area contributed by atoms with Gasteiger partial charge in [0.15, 0.2) is 0 Å². The van der Waals surface area contributed by atoms with Crippen molar-refractivity contribution < 1.29 is 14.6 Å². The Bertz CT molecular complexity index is 623. The van der Waals surface area contributed by atoms with Crippen LogP contribution in [0.25, 0.3) is 0 Å². The summed E-state index contributed by atoms with van der Waals surface area (Å²) in [6.07, 6.45) is 2.71. The minimum absolute atomic E-state index is 0.139. The number of aliphatic hydroxyl groups excluding tert-OH is 1. The molecule has 0 radical (unpaired) electrons. The van der Waals surface area contributed by atoms with Crippen LogP contribution in [0.15, 0.2) is 30.6 Å². The van der Waals surface area contributed by atoms with Gasteiger partial charge in [-0.25, -0.2) is 0 Å². The van der Waals surface area contributed by atoms with Crippen molar-refractivity contribution in [2.45, 2.75) is 18.4 Å². The number of hydrogen-bond acceptors (Lipinski definition) is 5. The molecule has 0 saturated carbocycles. The fourth-order valence-electron chi connectivity index (χ4n) is 2.27. The van der Waals surface area contributed by atoms with Crippen molar-refractivity contribution in [3.63, 3.8) is 0 Å². The lowest BCUT2D eigenvalue weighted by atomic mass is 10.1. The molecule has 2 heterocycles. The summed E-state index contributed by atoms with van der Waals surface area (Å²) in [6, 6.07) is 5.07. The summed E-state index contributed by atoms with van der Waals surface area (Å²) in [4.78, 5) is 1.45. The van der Waals surface area contributed by atoms with E-state index in [1.165, 1.54) is 4.80 Å². The van der Waals surface area contributed by atoms with Crippen LogP contribution in [0.4, 0.5) is 0 Å². The maximum absolute atomic E-state index is 9.29. The number of halogens is 2. The molecular weight excluding hydrogens is 317 g/mol. The molecule has 0 aliphatic carbocycles. The molecule has 1 N–H and O–H groups in total. The molecule has 2 aromatic rings. The number of ether oxygens (including phenoxy) is 2. The highest BCUT2D eigenvalue weighted by molar-refractivity contribution is 6.35. The first kappa shape index (κ1) is 14.7. The third-order valence-corrected chi connectivity index (χ3v) is 3.77. The van der Waals surface area contributed by atoms with Gasteiger partial charge in [-0.1, -0.05) is 29.3 Å². The molecule has 6 nitrogen and oxygen atoms in total. The van der Waals surface area contributed by atoms with Crippen LogP contribution in [0.2, 0.25) is 10.0 Å². The van der Waals surface area contributed by atoms with Crippen LogP contribution in [-0.4, -0.2) is 39.4 Å². The Labute approximate surface area is 131 Å². The number of aromatic nitrogens is 3. The van der Waals surface area contributed by atoms with Crippen molar-refractivity contribution in [2.75, 3.05) is 13.2 Å². The van der Waals surface area contributed by atoms with E-state index in [0.29, 0.717) is 15.6 Å². The smallest absolute Gasteiger partial charge is 0.219 e. The van der Waals surface area contributed by atoms with E-state index in [1.54, 1.807) is 30.6 Å². The van der Waals surface area contributed by atoms with Crippen molar-refractivity contribution in [3.8, 4) is 0 Å². The molecule has 0 spiro atoms. The third-order valence-electron chi connectivity index (χ3n) is 3.22. The van der Waals surface area contributed by atoms with E-state index in [-0.39, 0.29) is 19.8 Å². The standard InChI is InChI=1S/C13H13Cl2N3O3/c14-9-1-2-11(12(15)5-9)13(8-18-16-3-4-17-18)20-7-10(6-19)21-13/h1-5,10,19H,6-8H2/t10-,13-/m1/s1. The van der Waals surface area contributed by atoms with E-state index in [1.807, 2.05) is 0 Å². The average molecular weight is 330 g/mol. The fraction of sp³-hybridized carbons (Fsp3) is 0.385. The molecular formula is C13H13Cl2N3O3. The number of nitrogens with zero attached hydrogens (tertiary/aromatic N) is 3. The lowest BCUT2D eigenvalue weighted by Crippen LogP contribution is -2.35. The van der Waals surface area contributed by atoms with Gasteiger partial charge in [-0.2, -0.15) is 15.0 Å². The largest absolute Gasteiger partial charge is 0.394 e. The zero-order chi connectivity index (χ0) is 14.9. The normalized spacial score (nSPS) is 25.4. The van der Waals surface area contributed by atoms with Crippen molar-refractivity contribution in [2.24, 2.45) is 0 Å². The quantitative estimate of drug-likeness (QED) is 0.926. The lowest BCUT2D eigenvalue weighted by Gasteiger charge is -2.28. The van der Waals surface area contributed by atoms with Crippen LogP contribution in [0.3, 0.4) is 0 Å². The van der Waals surface area contributed by atoms with Gasteiger partial charge >= 0.3 is 0 Å². The molecule has 0 bridgehead atoms. The van der Waals surface area contributed by atoms with Gasteiger partial charge in [0.1, 0.15) is 12.6 Å². The first-order valence-corrected chi connectivity index (χ1v) is 7.11. The second kappa shape index (κ2) is 5.90. The molecule has 1 fully saturated rings. The molecule has 8 heteroatoms. The Hall–Kier alpha value is -1.18. The summed E-state index contributed by atoms with van der Waals surface area (Å²) in [7, 11) is 0. The van der Waals surface area contributed by atoms with E-state index in [2.05, 4.69) is 10.2 Å². The van der Waals surface area contributed by atoms with Gasteiger partial charge in [0.25, 0.3) is 0 Å². The number of aliphatic hydroxyl groups is 1. The summed E-state index contributed by atoms with van der Waals surface area (Å²) in [5, 5.41) is 18.4. The second-order valence-corrected chi connectivity index (χ2v) is 5.51. The van der Waals surface area contributed by atoms with E-state index in [0.717, 1.165) is 0 Å². The van der Waals surface area contributed by atoms with Crippen molar-refractivity contribution in [1.82, 2.24) is 15.0 Å². The molecule has 1 aliphatic heterocycles. The topological polar surface area (TPSA) is 69.4 Å². The molecule has 0 amide bonds. The minimum Gasteiger partial charge on any atom is -0.394 e. The van der Waals surface area contributed by atoms with Gasteiger partial charge in [-0.15, -0.1) is 0 Å². The molecule has 1 saturated heterocycles. The van der Waals surface area contributed by atoms with Crippen LogP contribution >= 0.6 is 23.2 Å². The second-order valence-electron chi connectivity index (χ2n) is 4.67. The Morgan fingerprint density at radius 2 is 2.10 bits per heavy atom. The summed E-state index contributed by atoms with van der Waals surface area (Å²) < 4.78 is 11.7. The van der Waals surface area contributed by atoms with Crippen LogP contribution in [0, 0.1) is 0 Å². The Morgan fingerprint density at radius 3 is 2.71 bits per heavy atom. The summed E-state index contributed by atoms with van der Waals surface area (Å²) >= 11 is 12.2. The Balaban J connectivity index is 1.99. The molecule has 0 unspecified atom stereocenters. The number of rotatable bonds is 4. The van der Waals surface area contributed by atoms with Crippen LogP contribution in [0.5, 0.6) is 0 Å². The van der Waals surface area contributed by atoms with Gasteiger partial charge in [0, 0.05) is 10.6 Å². The van der Waals surface area contributed by atoms with Crippen LogP contribution in [-0.2, 0) is 21.8 Å². The highest BCUT2D eigenvalue weighted by Gasteiger charge is 2.45. The van der Waals surface area contributed by atoms with E-state index >= 15 is 0 Å². The zero-order valence-corrected chi connectivity index (χ0v) is 12.5. The predicted molar refractivity (Wildman–Crippen MR) is 76.1 cm³/mol. The van der Waals surface area contributed by atoms with Gasteiger partial charge in [0.05, 0.1) is 30.6 Å². The monoisotopic (exact) mass is 329 g/mol. The summed E-state index contributed by atoms with van der Waals surface area (Å²) in [5.74, 6) is -1.14. The van der Waals surface area contributed by atoms with Gasteiger partial charge in [-0.3, -0.25) is 0 Å². The Kier molecular flexibility index (Phi) is 4.14. The fourth-order valence-corrected chi connectivity index (χ4v) is 2.83. The summed E-state index contributed by atoms with van der Waals surface area (Å²) in [5.41, 5.74) is 0.627. The van der Waals surface area contributed by atoms with Gasteiger partial charge in [0.2, 0.25) is 5.79 Å². The van der Waals surface area contributed by atoms with E-state index in [4.69, 9.17) is 32.7 Å². The van der Waals surface area contributed by atoms with Gasteiger partial charge in [-0.05, 0) is 12.1 Å². The highest BCUT2D eigenvalue weighted by Crippen LogP contribution is 2.40. The first-order chi connectivity index (χ1) is 10.1. The lowest BCUT2D eigenvalue weighted by molar-refractivity contribution is -0.193. The Morgan fingerprint density at radius 1 is 1.33 bits per heavy atom. The van der Waals surface area contributed by atoms with Crippen molar-refractivity contribution >= 4 is 23.2 Å². The molecule has 1 aromatic carbocycles. The van der Waals surface area contributed by atoms with Crippen LogP contribution < -0.4 is 0 Å². The summed E-state index contributed by atoms with van der Waals surface area (Å²) in [6.45, 7) is 0.341. The molecule has 1 aromatic heterocycles. The zero-order valence-electron chi connectivity index (χ0n) is 10.9.